The van der Waals surface area contributed by atoms with Crippen LogP contribution in [0.4, 0.5) is 0 Å². The molecule has 1 atom stereocenters. The fraction of sp³-hybridized carbons (Fsp3) is 0.308. The molecule has 0 aliphatic carbocycles. The molecule has 0 bridgehead atoms. The van der Waals surface area contributed by atoms with Crippen LogP contribution in [0.15, 0.2) is 66.7 Å². The lowest BCUT2D eigenvalue weighted by atomic mass is 10.1. The highest BCUT2D eigenvalue weighted by atomic mass is 35.5. The fourth-order valence-electron chi connectivity index (χ4n) is 3.63. The van der Waals surface area contributed by atoms with Crippen LogP contribution in [0.3, 0.4) is 0 Å². The predicted molar refractivity (Wildman–Crippen MR) is 129 cm³/mol. The molecule has 0 aliphatic rings. The van der Waals surface area contributed by atoms with E-state index in [9.17, 15) is 9.59 Å². The molecule has 0 saturated carbocycles. The average Bonchev–Trinajstić information content (AvgIpc) is 2.78. The van der Waals surface area contributed by atoms with Gasteiger partial charge in [0.15, 0.2) is 6.61 Å². The summed E-state index contributed by atoms with van der Waals surface area (Å²) in [6.07, 6.45) is 0.492. The van der Waals surface area contributed by atoms with Gasteiger partial charge in [0.2, 0.25) is 5.91 Å². The molecule has 32 heavy (non-hydrogen) atoms. The molecule has 1 N–H and O–H groups in total. The highest BCUT2D eigenvalue weighted by Gasteiger charge is 2.29. The number of amides is 2. The lowest BCUT2D eigenvalue weighted by Crippen LogP contribution is -2.51. The van der Waals surface area contributed by atoms with Crippen molar-refractivity contribution in [3.05, 3.63) is 77.3 Å². The number of nitrogens with zero attached hydrogens (tertiary/aromatic N) is 1. The van der Waals surface area contributed by atoms with Crippen molar-refractivity contribution in [2.75, 3.05) is 6.61 Å². The third kappa shape index (κ3) is 6.01. The van der Waals surface area contributed by atoms with Crippen LogP contribution >= 0.6 is 11.6 Å². The summed E-state index contributed by atoms with van der Waals surface area (Å²) in [6, 6.07) is 20.3. The van der Waals surface area contributed by atoms with E-state index in [4.69, 9.17) is 16.3 Å². The average molecular weight is 453 g/mol. The van der Waals surface area contributed by atoms with Crippen molar-refractivity contribution >= 4 is 34.2 Å². The molecule has 3 aromatic rings. The second-order valence-corrected chi connectivity index (χ2v) is 8.44. The molecule has 0 spiro atoms. The van der Waals surface area contributed by atoms with Gasteiger partial charge in [-0.2, -0.15) is 0 Å². The monoisotopic (exact) mass is 452 g/mol. The van der Waals surface area contributed by atoms with Crippen LogP contribution in [0.1, 0.15) is 32.8 Å². The zero-order chi connectivity index (χ0) is 23.1. The third-order valence-electron chi connectivity index (χ3n) is 5.18. The Hall–Kier alpha value is -3.05. The number of benzene rings is 3. The zero-order valence-electron chi connectivity index (χ0n) is 18.7. The maximum Gasteiger partial charge on any atom is 0.261 e. The second-order valence-electron chi connectivity index (χ2n) is 8.00. The van der Waals surface area contributed by atoms with E-state index in [1.165, 1.54) is 0 Å². The number of halogens is 1. The number of carbonyl (C=O) groups is 2. The van der Waals surface area contributed by atoms with E-state index < -0.39 is 6.04 Å². The Morgan fingerprint density at radius 2 is 1.69 bits per heavy atom. The van der Waals surface area contributed by atoms with Gasteiger partial charge in [-0.3, -0.25) is 9.59 Å². The molecular weight excluding hydrogens is 424 g/mol. The van der Waals surface area contributed by atoms with Crippen LogP contribution in [0.2, 0.25) is 5.02 Å². The van der Waals surface area contributed by atoms with Crippen LogP contribution in [-0.2, 0) is 16.1 Å². The van der Waals surface area contributed by atoms with Gasteiger partial charge < -0.3 is 15.0 Å². The number of fused-ring (bicyclic) bond motifs is 1. The minimum absolute atomic E-state index is 0.0176. The number of hydrogen-bond donors (Lipinski definition) is 1. The summed E-state index contributed by atoms with van der Waals surface area (Å²) in [5, 5.41) is 5.53. The summed E-state index contributed by atoms with van der Waals surface area (Å²) < 4.78 is 5.93. The molecule has 0 saturated heterocycles. The van der Waals surface area contributed by atoms with E-state index in [2.05, 4.69) is 5.32 Å². The first-order chi connectivity index (χ1) is 15.4. The van der Waals surface area contributed by atoms with Crippen molar-refractivity contribution in [3.63, 3.8) is 0 Å². The Kier molecular flexibility index (Phi) is 8.12. The van der Waals surface area contributed by atoms with E-state index in [-0.39, 0.29) is 24.5 Å². The summed E-state index contributed by atoms with van der Waals surface area (Å²) in [5.41, 5.74) is 0.892. The maximum absolute atomic E-state index is 13.3. The number of carbonyl (C=O) groups excluding carboxylic acids is 2. The van der Waals surface area contributed by atoms with Crippen molar-refractivity contribution in [1.29, 1.82) is 0 Å². The lowest BCUT2D eigenvalue weighted by molar-refractivity contribution is -0.143. The Labute approximate surface area is 194 Å². The van der Waals surface area contributed by atoms with Gasteiger partial charge >= 0.3 is 0 Å². The third-order valence-corrected chi connectivity index (χ3v) is 5.44. The molecule has 5 nitrogen and oxygen atoms in total. The first-order valence-corrected chi connectivity index (χ1v) is 11.2. The highest BCUT2D eigenvalue weighted by molar-refractivity contribution is 6.30. The van der Waals surface area contributed by atoms with Gasteiger partial charge in [-0.25, -0.2) is 0 Å². The van der Waals surface area contributed by atoms with Crippen molar-refractivity contribution in [3.8, 4) is 5.75 Å². The summed E-state index contributed by atoms with van der Waals surface area (Å²) in [7, 11) is 0. The fourth-order valence-corrected chi connectivity index (χ4v) is 3.76. The first-order valence-electron chi connectivity index (χ1n) is 10.8. The molecule has 0 fully saturated rings. The van der Waals surface area contributed by atoms with E-state index in [1.807, 2.05) is 75.4 Å². The summed E-state index contributed by atoms with van der Waals surface area (Å²) in [6.45, 7) is 5.84. The lowest BCUT2D eigenvalue weighted by Gasteiger charge is -2.31. The molecule has 168 valence electrons. The minimum Gasteiger partial charge on any atom is -0.483 e. The largest absolute Gasteiger partial charge is 0.483 e. The predicted octanol–water partition coefficient (Wildman–Crippen LogP) is 5.20. The van der Waals surface area contributed by atoms with Crippen LogP contribution < -0.4 is 10.1 Å². The number of rotatable bonds is 9. The molecule has 3 rings (SSSR count). The number of ether oxygens (including phenoxy) is 1. The normalized spacial score (nSPS) is 11.9. The van der Waals surface area contributed by atoms with Crippen molar-refractivity contribution in [1.82, 2.24) is 10.2 Å². The Bertz CT molecular complexity index is 1060. The molecule has 0 aliphatic heterocycles. The van der Waals surface area contributed by atoms with Crippen LogP contribution in [0, 0.1) is 0 Å². The highest BCUT2D eigenvalue weighted by Crippen LogP contribution is 2.25. The number of nitrogens with one attached hydrogen (secondary N) is 1. The first kappa shape index (κ1) is 23.6. The van der Waals surface area contributed by atoms with E-state index in [1.54, 1.807) is 17.0 Å². The van der Waals surface area contributed by atoms with Gasteiger partial charge in [-0.05, 0) is 49.4 Å². The quantitative estimate of drug-likeness (QED) is 0.485. The van der Waals surface area contributed by atoms with Crippen molar-refractivity contribution in [2.24, 2.45) is 0 Å². The molecular formula is C26H29ClN2O3. The van der Waals surface area contributed by atoms with Gasteiger partial charge in [0.1, 0.15) is 11.8 Å². The van der Waals surface area contributed by atoms with Crippen LogP contribution in [0.5, 0.6) is 5.75 Å². The van der Waals surface area contributed by atoms with Gasteiger partial charge in [0, 0.05) is 23.0 Å². The maximum atomic E-state index is 13.3. The second kappa shape index (κ2) is 11.0. The SMILES string of the molecule is CCC(C(=O)NC(C)C)N(Cc1ccc(Cl)cc1)C(=O)COc1cccc2ccccc12. The zero-order valence-corrected chi connectivity index (χ0v) is 19.4. The standard InChI is InChI=1S/C26H29ClN2O3/c1-4-23(26(31)28-18(2)3)29(16-19-12-14-21(27)15-13-19)25(30)17-32-24-11-7-9-20-8-5-6-10-22(20)24/h5-15,18,23H,4,16-17H2,1-3H3,(H,28,31). The smallest absolute Gasteiger partial charge is 0.261 e. The van der Waals surface area contributed by atoms with Gasteiger partial charge in [0.25, 0.3) is 5.91 Å². The van der Waals surface area contributed by atoms with E-state index in [0.717, 1.165) is 16.3 Å². The van der Waals surface area contributed by atoms with Crippen molar-refractivity contribution in [2.45, 2.75) is 45.8 Å². The molecule has 0 aromatic heterocycles. The Morgan fingerprint density at radius 1 is 1.00 bits per heavy atom. The Balaban J connectivity index is 1.82. The molecule has 0 radical (unpaired) electrons. The molecule has 0 heterocycles. The topological polar surface area (TPSA) is 58.6 Å². The van der Waals surface area contributed by atoms with Gasteiger partial charge in [0.05, 0.1) is 0 Å². The van der Waals surface area contributed by atoms with E-state index >= 15 is 0 Å². The van der Waals surface area contributed by atoms with E-state index in [0.29, 0.717) is 23.7 Å². The number of hydrogen-bond acceptors (Lipinski definition) is 3. The molecule has 2 amide bonds. The molecule has 3 aromatic carbocycles. The minimum atomic E-state index is -0.600. The summed E-state index contributed by atoms with van der Waals surface area (Å²) >= 11 is 6.01. The van der Waals surface area contributed by atoms with Gasteiger partial charge in [-0.1, -0.05) is 67.1 Å². The molecule has 6 heteroatoms. The van der Waals surface area contributed by atoms with Crippen molar-refractivity contribution < 1.29 is 14.3 Å². The van der Waals surface area contributed by atoms with Crippen LogP contribution in [-0.4, -0.2) is 35.4 Å². The summed E-state index contributed by atoms with van der Waals surface area (Å²) in [5.74, 6) is 0.219. The van der Waals surface area contributed by atoms with Gasteiger partial charge in [-0.15, -0.1) is 0 Å². The van der Waals surface area contributed by atoms with Crippen LogP contribution in [0.25, 0.3) is 10.8 Å². The summed E-state index contributed by atoms with van der Waals surface area (Å²) in [4.78, 5) is 27.8. The Morgan fingerprint density at radius 3 is 2.38 bits per heavy atom. The molecule has 1 unspecified atom stereocenters.